The minimum Gasteiger partial charge on any atom is -0.495 e. The summed E-state index contributed by atoms with van der Waals surface area (Å²) in [6.45, 7) is 7.30. The number of hydrogen-bond acceptors (Lipinski definition) is 4. The van der Waals surface area contributed by atoms with E-state index in [-0.39, 0.29) is 11.9 Å². The van der Waals surface area contributed by atoms with Gasteiger partial charge in [-0.25, -0.2) is 0 Å². The standard InChI is InChI=1S/C21H25Cl2N3O2/c1-14-4-5-17(23)13-19(14)26-10-8-25(9-11-26)15(2)21(27)24-18-12-16(22)6-7-20(18)28-3/h4-7,12-13,15H,8-11H2,1-3H3,(H,24,27)/t15-/m0/s1. The summed E-state index contributed by atoms with van der Waals surface area (Å²) in [5.41, 5.74) is 2.95. The van der Waals surface area contributed by atoms with Crippen molar-refractivity contribution in [1.82, 2.24) is 4.90 Å². The fraction of sp³-hybridized carbons (Fsp3) is 0.381. The van der Waals surface area contributed by atoms with Crippen molar-refractivity contribution in [2.24, 2.45) is 0 Å². The van der Waals surface area contributed by atoms with Gasteiger partial charge in [0.25, 0.3) is 0 Å². The molecule has 0 saturated carbocycles. The second-order valence-electron chi connectivity index (χ2n) is 6.96. The van der Waals surface area contributed by atoms with Crippen LogP contribution in [0.5, 0.6) is 5.75 Å². The predicted molar refractivity (Wildman–Crippen MR) is 116 cm³/mol. The maximum absolute atomic E-state index is 12.8. The molecule has 0 radical (unpaired) electrons. The largest absolute Gasteiger partial charge is 0.495 e. The van der Waals surface area contributed by atoms with Crippen molar-refractivity contribution < 1.29 is 9.53 Å². The number of rotatable bonds is 5. The number of nitrogens with one attached hydrogen (secondary N) is 1. The van der Waals surface area contributed by atoms with E-state index in [4.69, 9.17) is 27.9 Å². The van der Waals surface area contributed by atoms with Gasteiger partial charge in [0.15, 0.2) is 0 Å². The molecular formula is C21H25Cl2N3O2. The first-order chi connectivity index (χ1) is 13.4. The summed E-state index contributed by atoms with van der Waals surface area (Å²) in [7, 11) is 1.57. The van der Waals surface area contributed by atoms with Crippen LogP contribution in [0, 0.1) is 6.92 Å². The average molecular weight is 422 g/mol. The van der Waals surface area contributed by atoms with E-state index >= 15 is 0 Å². The highest BCUT2D eigenvalue weighted by Gasteiger charge is 2.26. The smallest absolute Gasteiger partial charge is 0.241 e. The van der Waals surface area contributed by atoms with Gasteiger partial charge in [0.1, 0.15) is 5.75 Å². The van der Waals surface area contributed by atoms with E-state index in [1.165, 1.54) is 5.56 Å². The number of benzene rings is 2. The number of ether oxygens (including phenoxy) is 1. The van der Waals surface area contributed by atoms with Crippen LogP contribution in [0.15, 0.2) is 36.4 Å². The number of carbonyl (C=O) groups excluding carboxylic acids is 1. The van der Waals surface area contributed by atoms with Crippen LogP contribution in [0.4, 0.5) is 11.4 Å². The van der Waals surface area contributed by atoms with Gasteiger partial charge in [-0.1, -0.05) is 29.3 Å². The fourth-order valence-corrected chi connectivity index (χ4v) is 3.79. The molecule has 1 aliphatic rings. The highest BCUT2D eigenvalue weighted by atomic mass is 35.5. The third-order valence-corrected chi connectivity index (χ3v) is 5.64. The molecular weight excluding hydrogens is 397 g/mol. The number of hydrogen-bond donors (Lipinski definition) is 1. The minimum absolute atomic E-state index is 0.0760. The first kappa shape index (κ1) is 20.8. The lowest BCUT2D eigenvalue weighted by Gasteiger charge is -2.39. The first-order valence-corrected chi connectivity index (χ1v) is 10.0. The number of nitrogens with zero attached hydrogens (tertiary/aromatic N) is 2. The van der Waals surface area contributed by atoms with Crippen molar-refractivity contribution in [2.75, 3.05) is 43.5 Å². The predicted octanol–water partition coefficient (Wildman–Crippen LogP) is 4.46. The minimum atomic E-state index is -0.258. The molecule has 1 N–H and O–H groups in total. The van der Waals surface area contributed by atoms with E-state index in [1.54, 1.807) is 25.3 Å². The molecule has 1 aliphatic heterocycles. The third kappa shape index (κ3) is 4.72. The number of piperazine rings is 1. The summed E-state index contributed by atoms with van der Waals surface area (Å²) >= 11 is 12.2. The van der Waals surface area contributed by atoms with E-state index in [1.807, 2.05) is 25.1 Å². The summed E-state index contributed by atoms with van der Waals surface area (Å²) in [5, 5.41) is 4.23. The van der Waals surface area contributed by atoms with E-state index in [0.29, 0.717) is 16.5 Å². The fourth-order valence-electron chi connectivity index (χ4n) is 3.45. The molecule has 150 valence electrons. The number of methoxy groups -OCH3 is 1. The van der Waals surface area contributed by atoms with Crippen LogP contribution >= 0.6 is 23.2 Å². The van der Waals surface area contributed by atoms with Gasteiger partial charge in [0.2, 0.25) is 5.91 Å². The summed E-state index contributed by atoms with van der Waals surface area (Å²) < 4.78 is 5.31. The van der Waals surface area contributed by atoms with Crippen molar-refractivity contribution in [3.05, 3.63) is 52.0 Å². The highest BCUT2D eigenvalue weighted by molar-refractivity contribution is 6.31. The molecule has 3 rings (SSSR count). The van der Waals surface area contributed by atoms with Crippen molar-refractivity contribution >= 4 is 40.5 Å². The van der Waals surface area contributed by atoms with Gasteiger partial charge >= 0.3 is 0 Å². The number of aryl methyl sites for hydroxylation is 1. The normalized spacial score (nSPS) is 16.0. The monoisotopic (exact) mass is 421 g/mol. The zero-order chi connectivity index (χ0) is 20.3. The topological polar surface area (TPSA) is 44.8 Å². The highest BCUT2D eigenvalue weighted by Crippen LogP contribution is 2.28. The molecule has 2 aromatic carbocycles. The Morgan fingerprint density at radius 1 is 1.07 bits per heavy atom. The molecule has 5 nitrogen and oxygen atoms in total. The molecule has 1 heterocycles. The lowest BCUT2D eigenvalue weighted by Crippen LogP contribution is -2.53. The van der Waals surface area contributed by atoms with Crippen molar-refractivity contribution in [3.8, 4) is 5.75 Å². The van der Waals surface area contributed by atoms with Gasteiger partial charge in [-0.2, -0.15) is 0 Å². The first-order valence-electron chi connectivity index (χ1n) is 9.28. The molecule has 2 aromatic rings. The molecule has 0 aliphatic carbocycles. The van der Waals surface area contributed by atoms with Crippen LogP contribution < -0.4 is 15.0 Å². The molecule has 1 fully saturated rings. The molecule has 1 amide bonds. The molecule has 0 spiro atoms. The molecule has 1 saturated heterocycles. The quantitative estimate of drug-likeness (QED) is 0.773. The van der Waals surface area contributed by atoms with Crippen LogP contribution in [0.1, 0.15) is 12.5 Å². The number of amides is 1. The Balaban J connectivity index is 1.62. The van der Waals surface area contributed by atoms with Crippen LogP contribution in [-0.4, -0.2) is 50.1 Å². The van der Waals surface area contributed by atoms with Gasteiger partial charge in [-0.15, -0.1) is 0 Å². The van der Waals surface area contributed by atoms with Crippen LogP contribution in [0.2, 0.25) is 10.0 Å². The van der Waals surface area contributed by atoms with Gasteiger partial charge in [0.05, 0.1) is 18.8 Å². The van der Waals surface area contributed by atoms with Crippen LogP contribution in [0.3, 0.4) is 0 Å². The van der Waals surface area contributed by atoms with Crippen molar-refractivity contribution in [3.63, 3.8) is 0 Å². The summed E-state index contributed by atoms with van der Waals surface area (Å²) in [6, 6.07) is 10.9. The van der Waals surface area contributed by atoms with Gasteiger partial charge in [0, 0.05) is 41.9 Å². The second kappa shape index (κ2) is 9.03. The zero-order valence-corrected chi connectivity index (χ0v) is 17.8. The Labute approximate surface area is 176 Å². The number of halogens is 2. The van der Waals surface area contributed by atoms with Gasteiger partial charge in [-0.05, 0) is 49.7 Å². The summed E-state index contributed by atoms with van der Waals surface area (Å²) in [5.74, 6) is 0.513. The van der Waals surface area contributed by atoms with E-state index < -0.39 is 0 Å². The van der Waals surface area contributed by atoms with Crippen LogP contribution in [-0.2, 0) is 4.79 Å². The summed E-state index contributed by atoms with van der Waals surface area (Å²) in [6.07, 6.45) is 0. The molecule has 7 heteroatoms. The van der Waals surface area contributed by atoms with Gasteiger partial charge in [-0.3, -0.25) is 9.69 Å². The second-order valence-corrected chi connectivity index (χ2v) is 7.84. The average Bonchev–Trinajstić information content (AvgIpc) is 2.69. The van der Waals surface area contributed by atoms with Gasteiger partial charge < -0.3 is 15.0 Å². The van der Waals surface area contributed by atoms with E-state index in [9.17, 15) is 4.79 Å². The Morgan fingerprint density at radius 3 is 2.39 bits per heavy atom. The van der Waals surface area contributed by atoms with Crippen molar-refractivity contribution in [2.45, 2.75) is 19.9 Å². The Kier molecular flexibility index (Phi) is 6.70. The molecule has 28 heavy (non-hydrogen) atoms. The third-order valence-electron chi connectivity index (χ3n) is 5.17. The lowest BCUT2D eigenvalue weighted by atomic mass is 10.1. The molecule has 0 unspecified atom stereocenters. The maximum Gasteiger partial charge on any atom is 0.241 e. The Morgan fingerprint density at radius 2 is 1.71 bits per heavy atom. The maximum atomic E-state index is 12.8. The lowest BCUT2D eigenvalue weighted by molar-refractivity contribution is -0.120. The van der Waals surface area contributed by atoms with Crippen molar-refractivity contribution in [1.29, 1.82) is 0 Å². The number of anilines is 2. The summed E-state index contributed by atoms with van der Waals surface area (Å²) in [4.78, 5) is 17.3. The Hall–Kier alpha value is -1.95. The Bertz CT molecular complexity index is 852. The number of carbonyl (C=O) groups is 1. The van der Waals surface area contributed by atoms with Crippen LogP contribution in [0.25, 0.3) is 0 Å². The van der Waals surface area contributed by atoms with E-state index in [2.05, 4.69) is 22.0 Å². The van der Waals surface area contributed by atoms with E-state index in [0.717, 1.165) is 36.9 Å². The molecule has 1 atom stereocenters. The molecule has 0 aromatic heterocycles. The zero-order valence-electron chi connectivity index (χ0n) is 16.3. The SMILES string of the molecule is COc1ccc(Cl)cc1NC(=O)[C@H](C)N1CCN(c2cc(Cl)ccc2C)CC1. The molecule has 0 bridgehead atoms.